The molecular formula is C8H3ClN2O2S. The summed E-state index contributed by atoms with van der Waals surface area (Å²) in [6.07, 6.45) is 0. The Morgan fingerprint density at radius 2 is 1.71 bits per heavy atom. The molecule has 14 heavy (non-hydrogen) atoms. The molecule has 0 amide bonds. The van der Waals surface area contributed by atoms with Gasteiger partial charge in [-0.1, -0.05) is 12.1 Å². The van der Waals surface area contributed by atoms with Gasteiger partial charge in [-0.05, 0) is 6.07 Å². The van der Waals surface area contributed by atoms with Crippen molar-refractivity contribution in [3.8, 4) is 0 Å². The largest absolute Gasteiger partial charge is 0.259 e. The van der Waals surface area contributed by atoms with Crippen molar-refractivity contribution in [1.29, 1.82) is 0 Å². The molecule has 0 spiro atoms. The van der Waals surface area contributed by atoms with Crippen LogP contribution in [0, 0.1) is 13.1 Å². The third kappa shape index (κ3) is 2.02. The van der Waals surface area contributed by atoms with Crippen molar-refractivity contribution in [2.45, 2.75) is 4.90 Å². The molecule has 0 heterocycles. The zero-order valence-electron chi connectivity index (χ0n) is 6.73. The van der Waals surface area contributed by atoms with E-state index >= 15 is 0 Å². The summed E-state index contributed by atoms with van der Waals surface area (Å²) in [5.74, 6) is 0. The molecular weight excluding hydrogens is 224 g/mol. The molecule has 0 aromatic heterocycles. The van der Waals surface area contributed by atoms with Gasteiger partial charge in [-0.25, -0.2) is 8.42 Å². The van der Waals surface area contributed by atoms with Gasteiger partial charge >= 0.3 is 0 Å². The predicted octanol–water partition coefficient (Wildman–Crippen LogP) is 2.72. The fourth-order valence-corrected chi connectivity index (χ4v) is 1.61. The van der Waals surface area contributed by atoms with E-state index in [2.05, 4.69) is 9.69 Å². The van der Waals surface area contributed by atoms with E-state index in [0.29, 0.717) is 0 Å². The maximum absolute atomic E-state index is 10.9. The molecule has 0 unspecified atom stereocenters. The molecule has 0 aliphatic heterocycles. The third-order valence-corrected chi connectivity index (χ3v) is 2.82. The number of rotatable bonds is 1. The van der Waals surface area contributed by atoms with Crippen molar-refractivity contribution in [3.63, 3.8) is 0 Å². The van der Waals surface area contributed by atoms with Crippen LogP contribution < -0.4 is 0 Å². The van der Waals surface area contributed by atoms with E-state index in [1.165, 1.54) is 12.1 Å². The fraction of sp³-hybridized carbons (Fsp3) is 0. The predicted molar refractivity (Wildman–Crippen MR) is 52.0 cm³/mol. The summed E-state index contributed by atoms with van der Waals surface area (Å²) in [5.41, 5.74) is 0.103. The zero-order chi connectivity index (χ0) is 10.8. The van der Waals surface area contributed by atoms with E-state index in [9.17, 15) is 8.42 Å². The number of hydrogen-bond acceptors (Lipinski definition) is 2. The first-order valence-electron chi connectivity index (χ1n) is 3.32. The zero-order valence-corrected chi connectivity index (χ0v) is 8.30. The Balaban J connectivity index is 3.47. The first kappa shape index (κ1) is 10.5. The molecule has 70 valence electrons. The molecule has 6 heteroatoms. The highest BCUT2D eigenvalue weighted by Gasteiger charge is 2.12. The molecule has 0 bridgehead atoms. The van der Waals surface area contributed by atoms with Gasteiger partial charge in [-0.3, -0.25) is 9.69 Å². The SMILES string of the molecule is [C-]#[N+]c1ccc(S(=O)(=O)Cl)cc1[N+]#[C-]. The van der Waals surface area contributed by atoms with Crippen LogP contribution in [0.5, 0.6) is 0 Å². The van der Waals surface area contributed by atoms with Crippen molar-refractivity contribution < 1.29 is 8.42 Å². The van der Waals surface area contributed by atoms with E-state index in [0.717, 1.165) is 6.07 Å². The molecule has 4 nitrogen and oxygen atoms in total. The molecule has 0 N–H and O–H groups in total. The fourth-order valence-electron chi connectivity index (χ4n) is 0.839. The molecule has 0 aliphatic rings. The van der Waals surface area contributed by atoms with E-state index in [1.54, 1.807) is 0 Å². The van der Waals surface area contributed by atoms with Crippen LogP contribution in [0.15, 0.2) is 23.1 Å². The van der Waals surface area contributed by atoms with E-state index in [1.807, 2.05) is 0 Å². The van der Waals surface area contributed by atoms with E-state index in [4.69, 9.17) is 23.8 Å². The minimum Gasteiger partial charge on any atom is -0.250 e. The van der Waals surface area contributed by atoms with Crippen LogP contribution in [0.25, 0.3) is 9.69 Å². The van der Waals surface area contributed by atoms with Gasteiger partial charge in [0.25, 0.3) is 9.05 Å². The number of nitrogens with zero attached hydrogens (tertiary/aromatic N) is 2. The summed E-state index contributed by atoms with van der Waals surface area (Å²) in [4.78, 5) is 5.92. The van der Waals surface area contributed by atoms with E-state index < -0.39 is 9.05 Å². The van der Waals surface area contributed by atoms with Gasteiger partial charge in [0.05, 0.1) is 18.0 Å². The van der Waals surface area contributed by atoms with Crippen molar-refractivity contribution in [2.24, 2.45) is 0 Å². The Labute approximate surface area is 85.8 Å². The maximum atomic E-state index is 10.9. The summed E-state index contributed by atoms with van der Waals surface area (Å²) in [7, 11) is 1.24. The lowest BCUT2D eigenvalue weighted by molar-refractivity contribution is 0.609. The smallest absolute Gasteiger partial charge is 0.250 e. The highest BCUT2D eigenvalue weighted by Crippen LogP contribution is 2.31. The monoisotopic (exact) mass is 226 g/mol. The van der Waals surface area contributed by atoms with Crippen molar-refractivity contribution >= 4 is 31.1 Å². The minimum atomic E-state index is -3.83. The van der Waals surface area contributed by atoms with Crippen LogP contribution >= 0.6 is 10.7 Å². The summed E-state index contributed by atoms with van der Waals surface area (Å²) in [6.45, 7) is 13.4. The van der Waals surface area contributed by atoms with Gasteiger partial charge < -0.3 is 0 Å². The third-order valence-electron chi connectivity index (χ3n) is 1.47. The average Bonchev–Trinajstić information content (AvgIpc) is 2.15. The average molecular weight is 227 g/mol. The van der Waals surface area contributed by atoms with Gasteiger partial charge in [0.2, 0.25) is 0 Å². The lowest BCUT2D eigenvalue weighted by Crippen LogP contribution is -1.88. The first-order chi connectivity index (χ1) is 6.49. The van der Waals surface area contributed by atoms with E-state index in [-0.39, 0.29) is 16.3 Å². The summed E-state index contributed by atoms with van der Waals surface area (Å²) in [5, 5.41) is 0. The second kappa shape index (κ2) is 3.67. The molecule has 0 saturated heterocycles. The Kier molecular flexibility index (Phi) is 2.76. The first-order valence-corrected chi connectivity index (χ1v) is 5.63. The van der Waals surface area contributed by atoms with Gasteiger partial charge in [-0.15, -0.1) is 0 Å². The maximum Gasteiger partial charge on any atom is 0.259 e. The van der Waals surface area contributed by atoms with Gasteiger partial charge in [0.1, 0.15) is 0 Å². The molecule has 0 radical (unpaired) electrons. The molecule has 0 aliphatic carbocycles. The van der Waals surface area contributed by atoms with Crippen LogP contribution in [0.4, 0.5) is 11.4 Å². The van der Waals surface area contributed by atoms with Crippen molar-refractivity contribution in [3.05, 3.63) is 41.0 Å². The van der Waals surface area contributed by atoms with Gasteiger partial charge in [-0.2, -0.15) is 0 Å². The Morgan fingerprint density at radius 3 is 2.14 bits per heavy atom. The van der Waals surface area contributed by atoms with Crippen LogP contribution in [0.3, 0.4) is 0 Å². The second-order valence-corrected chi connectivity index (χ2v) is 4.88. The molecule has 0 atom stereocenters. The van der Waals surface area contributed by atoms with Gasteiger partial charge in [0.15, 0.2) is 11.4 Å². The lowest BCUT2D eigenvalue weighted by atomic mass is 10.3. The molecule has 1 aromatic carbocycles. The molecule has 1 rings (SSSR count). The second-order valence-electron chi connectivity index (χ2n) is 2.31. The van der Waals surface area contributed by atoms with Crippen LogP contribution in [-0.4, -0.2) is 8.42 Å². The Bertz CT molecular complexity index is 552. The topological polar surface area (TPSA) is 42.9 Å². The highest BCUT2D eigenvalue weighted by molar-refractivity contribution is 8.13. The number of halogens is 1. The van der Waals surface area contributed by atoms with Crippen molar-refractivity contribution in [1.82, 2.24) is 0 Å². The molecule has 1 aromatic rings. The number of benzene rings is 1. The summed E-state index contributed by atoms with van der Waals surface area (Å²) in [6, 6.07) is 3.54. The number of hydrogen-bond donors (Lipinski definition) is 0. The van der Waals surface area contributed by atoms with Crippen molar-refractivity contribution in [2.75, 3.05) is 0 Å². The standard InChI is InChI=1S/C8H3ClN2O2S/c1-10-7-4-3-6(14(9,12)13)5-8(7)11-2/h3-5H. The Morgan fingerprint density at radius 1 is 1.14 bits per heavy atom. The van der Waals surface area contributed by atoms with Gasteiger partial charge in [0, 0.05) is 10.7 Å². The lowest BCUT2D eigenvalue weighted by Gasteiger charge is -1.98. The quantitative estimate of drug-likeness (QED) is 0.546. The summed E-state index contributed by atoms with van der Waals surface area (Å²) < 4.78 is 21.8. The van der Waals surface area contributed by atoms with Crippen LogP contribution in [-0.2, 0) is 9.05 Å². The highest BCUT2D eigenvalue weighted by atomic mass is 35.7. The normalized spacial score (nSPS) is 10.2. The molecule has 0 fully saturated rings. The van der Waals surface area contributed by atoms with Crippen LogP contribution in [0.2, 0.25) is 0 Å². The summed E-state index contributed by atoms with van der Waals surface area (Å²) >= 11 is 0. The minimum absolute atomic E-state index is 0.0123. The molecule has 0 saturated carbocycles. The van der Waals surface area contributed by atoms with Crippen LogP contribution in [0.1, 0.15) is 0 Å². The Hall–Kier alpha value is -1.56.